The second-order valence-corrected chi connectivity index (χ2v) is 4.96. The third-order valence-corrected chi connectivity index (χ3v) is 3.03. The largest absolute Gasteiger partial charge is 0.573 e. The standard InChI is InChI=1S/C16H11F6NO2/c17-15(18,19)11-7-5-10(6-8-11)9-14(24)23-12-3-1-2-4-13(12)25-16(20,21)22/h1-8H,9H2,(H,23,24). The topological polar surface area (TPSA) is 38.3 Å². The minimum atomic E-state index is -4.92. The molecule has 0 bridgehead atoms. The quantitative estimate of drug-likeness (QED) is 0.794. The lowest BCUT2D eigenvalue weighted by Gasteiger charge is -2.14. The third-order valence-electron chi connectivity index (χ3n) is 3.03. The van der Waals surface area contributed by atoms with Crippen molar-refractivity contribution in [2.24, 2.45) is 0 Å². The van der Waals surface area contributed by atoms with Crippen molar-refractivity contribution >= 4 is 11.6 Å². The summed E-state index contributed by atoms with van der Waals surface area (Å²) in [6, 6.07) is 8.84. The van der Waals surface area contributed by atoms with Gasteiger partial charge in [0.15, 0.2) is 5.75 Å². The molecule has 2 rings (SSSR count). The van der Waals surface area contributed by atoms with Gasteiger partial charge in [-0.05, 0) is 29.8 Å². The highest BCUT2D eigenvalue weighted by molar-refractivity contribution is 5.93. The zero-order chi connectivity index (χ0) is 18.7. The molecule has 0 unspecified atom stereocenters. The summed E-state index contributed by atoms with van der Waals surface area (Å²) >= 11 is 0. The number of hydrogen-bond donors (Lipinski definition) is 1. The summed E-state index contributed by atoms with van der Waals surface area (Å²) in [5.74, 6) is -1.28. The Morgan fingerprint density at radius 1 is 0.920 bits per heavy atom. The molecule has 1 amide bonds. The van der Waals surface area contributed by atoms with E-state index in [1.165, 1.54) is 18.2 Å². The summed E-state index contributed by atoms with van der Waals surface area (Å²) in [5, 5.41) is 2.24. The molecule has 0 aliphatic heterocycles. The number of carbonyl (C=O) groups is 1. The molecule has 0 heterocycles. The highest BCUT2D eigenvalue weighted by Gasteiger charge is 2.32. The summed E-state index contributed by atoms with van der Waals surface area (Å²) in [5.41, 5.74) is -0.781. The zero-order valence-corrected chi connectivity index (χ0v) is 12.4. The molecule has 0 radical (unpaired) electrons. The van der Waals surface area contributed by atoms with Crippen molar-refractivity contribution in [2.45, 2.75) is 19.0 Å². The molecule has 0 aliphatic rings. The third kappa shape index (κ3) is 5.70. The summed E-state index contributed by atoms with van der Waals surface area (Å²) in [6.45, 7) is 0. The van der Waals surface area contributed by atoms with Crippen LogP contribution in [0.15, 0.2) is 48.5 Å². The smallest absolute Gasteiger partial charge is 0.404 e. The van der Waals surface area contributed by atoms with Crippen LogP contribution >= 0.6 is 0 Å². The molecule has 2 aromatic carbocycles. The van der Waals surface area contributed by atoms with Gasteiger partial charge in [0.25, 0.3) is 0 Å². The molecule has 0 aliphatic carbocycles. The van der Waals surface area contributed by atoms with Crippen LogP contribution in [0.25, 0.3) is 0 Å². The molecule has 0 aromatic heterocycles. The second-order valence-electron chi connectivity index (χ2n) is 4.96. The minimum Gasteiger partial charge on any atom is -0.404 e. The Kier molecular flexibility index (Phi) is 5.24. The van der Waals surface area contributed by atoms with Crippen molar-refractivity contribution in [2.75, 3.05) is 5.32 Å². The van der Waals surface area contributed by atoms with Crippen LogP contribution in [0.1, 0.15) is 11.1 Å². The van der Waals surface area contributed by atoms with Crippen molar-refractivity contribution in [1.29, 1.82) is 0 Å². The molecule has 0 atom stereocenters. The van der Waals surface area contributed by atoms with Crippen LogP contribution in [0, 0.1) is 0 Å². The van der Waals surface area contributed by atoms with Gasteiger partial charge in [0.1, 0.15) is 0 Å². The van der Waals surface area contributed by atoms with Gasteiger partial charge in [-0.2, -0.15) is 13.2 Å². The van der Waals surface area contributed by atoms with Crippen molar-refractivity contribution in [3.8, 4) is 5.75 Å². The monoisotopic (exact) mass is 363 g/mol. The number of ether oxygens (including phenoxy) is 1. The Morgan fingerprint density at radius 2 is 1.52 bits per heavy atom. The zero-order valence-electron chi connectivity index (χ0n) is 12.4. The highest BCUT2D eigenvalue weighted by atomic mass is 19.4. The lowest BCUT2D eigenvalue weighted by Crippen LogP contribution is -2.20. The van der Waals surface area contributed by atoms with Crippen molar-refractivity contribution in [3.63, 3.8) is 0 Å². The van der Waals surface area contributed by atoms with Crippen LogP contribution in [-0.2, 0) is 17.4 Å². The molecular formula is C16H11F6NO2. The van der Waals surface area contributed by atoms with Crippen LogP contribution < -0.4 is 10.1 Å². The number of anilines is 1. The SMILES string of the molecule is O=C(Cc1ccc(C(F)(F)F)cc1)Nc1ccccc1OC(F)(F)F. The van der Waals surface area contributed by atoms with E-state index in [0.717, 1.165) is 30.3 Å². The maximum absolute atomic E-state index is 12.5. The lowest BCUT2D eigenvalue weighted by molar-refractivity contribution is -0.274. The molecule has 25 heavy (non-hydrogen) atoms. The predicted molar refractivity (Wildman–Crippen MR) is 76.9 cm³/mol. The van der Waals surface area contributed by atoms with E-state index in [9.17, 15) is 31.1 Å². The minimum absolute atomic E-state index is 0.197. The molecule has 1 N–H and O–H groups in total. The number of benzene rings is 2. The summed E-state index contributed by atoms with van der Waals surface area (Å²) < 4.78 is 78.1. The van der Waals surface area contributed by atoms with Crippen molar-refractivity contribution < 1.29 is 35.9 Å². The Morgan fingerprint density at radius 3 is 2.08 bits per heavy atom. The van der Waals surface area contributed by atoms with Crippen LogP contribution in [0.3, 0.4) is 0 Å². The lowest BCUT2D eigenvalue weighted by atomic mass is 10.1. The first-order valence-electron chi connectivity index (χ1n) is 6.85. The molecular weight excluding hydrogens is 352 g/mol. The van der Waals surface area contributed by atoms with Gasteiger partial charge in [-0.25, -0.2) is 0 Å². The number of rotatable bonds is 4. The van der Waals surface area contributed by atoms with Gasteiger partial charge in [-0.3, -0.25) is 4.79 Å². The average molecular weight is 363 g/mol. The van der Waals surface area contributed by atoms with Gasteiger partial charge in [0.2, 0.25) is 5.91 Å². The van der Waals surface area contributed by atoms with E-state index in [1.807, 2.05) is 0 Å². The molecule has 3 nitrogen and oxygen atoms in total. The number of halogens is 6. The van der Waals surface area contributed by atoms with Gasteiger partial charge in [-0.15, -0.1) is 13.2 Å². The Hall–Kier alpha value is -2.71. The van der Waals surface area contributed by atoms with E-state index in [0.29, 0.717) is 0 Å². The number of para-hydroxylation sites is 2. The maximum atomic E-state index is 12.5. The van der Waals surface area contributed by atoms with Crippen molar-refractivity contribution in [1.82, 2.24) is 0 Å². The van der Waals surface area contributed by atoms with Crippen LogP contribution in [-0.4, -0.2) is 12.3 Å². The van der Waals surface area contributed by atoms with E-state index in [4.69, 9.17) is 0 Å². The molecule has 9 heteroatoms. The molecule has 0 spiro atoms. The van der Waals surface area contributed by atoms with E-state index in [1.54, 1.807) is 0 Å². The summed E-state index contributed by atoms with van der Waals surface area (Å²) in [6.07, 6.45) is -9.72. The highest BCUT2D eigenvalue weighted by Crippen LogP contribution is 2.31. The summed E-state index contributed by atoms with van der Waals surface area (Å²) in [4.78, 5) is 11.9. The fourth-order valence-corrected chi connectivity index (χ4v) is 1.97. The fourth-order valence-electron chi connectivity index (χ4n) is 1.97. The first kappa shape index (κ1) is 18.6. The molecule has 2 aromatic rings. The summed E-state index contributed by atoms with van der Waals surface area (Å²) in [7, 11) is 0. The second kappa shape index (κ2) is 7.04. The molecule has 0 saturated heterocycles. The van der Waals surface area contributed by atoms with Gasteiger partial charge in [0, 0.05) is 0 Å². The van der Waals surface area contributed by atoms with E-state index >= 15 is 0 Å². The van der Waals surface area contributed by atoms with Crippen molar-refractivity contribution in [3.05, 3.63) is 59.7 Å². The van der Waals surface area contributed by atoms with E-state index in [-0.39, 0.29) is 17.7 Å². The fraction of sp³-hybridized carbons (Fsp3) is 0.188. The Labute approximate surface area is 138 Å². The van der Waals surface area contributed by atoms with Crippen LogP contribution in [0.4, 0.5) is 32.0 Å². The number of amides is 1. The molecule has 0 saturated carbocycles. The normalized spacial score (nSPS) is 11.9. The van der Waals surface area contributed by atoms with Gasteiger partial charge in [-0.1, -0.05) is 24.3 Å². The van der Waals surface area contributed by atoms with E-state index < -0.39 is 29.8 Å². The number of nitrogens with one attached hydrogen (secondary N) is 1. The van der Waals surface area contributed by atoms with Gasteiger partial charge >= 0.3 is 12.5 Å². The molecule has 0 fully saturated rings. The van der Waals surface area contributed by atoms with Crippen LogP contribution in [0.2, 0.25) is 0 Å². The Balaban J connectivity index is 2.06. The Bertz CT molecular complexity index is 738. The number of hydrogen-bond acceptors (Lipinski definition) is 2. The average Bonchev–Trinajstić information content (AvgIpc) is 2.47. The predicted octanol–water partition coefficient (Wildman–Crippen LogP) is 4.79. The first-order valence-corrected chi connectivity index (χ1v) is 6.85. The molecule has 134 valence electrons. The van der Waals surface area contributed by atoms with Crippen LogP contribution in [0.5, 0.6) is 5.75 Å². The van der Waals surface area contributed by atoms with Gasteiger partial charge in [0.05, 0.1) is 17.7 Å². The number of alkyl halides is 6. The van der Waals surface area contributed by atoms with Gasteiger partial charge < -0.3 is 10.1 Å². The first-order chi connectivity index (χ1) is 11.5. The van der Waals surface area contributed by atoms with E-state index in [2.05, 4.69) is 10.1 Å². The number of carbonyl (C=O) groups excluding carboxylic acids is 1. The maximum Gasteiger partial charge on any atom is 0.573 e.